The number of hydrogen-bond donors (Lipinski definition) is 0. The number of hydrogen-bond acceptors (Lipinski definition) is 5. The van der Waals surface area contributed by atoms with Gasteiger partial charge in [-0.1, -0.05) is 42.5 Å². The molecule has 1 aromatic heterocycles. The van der Waals surface area contributed by atoms with E-state index in [9.17, 15) is 9.59 Å². The molecule has 0 aliphatic heterocycles. The first-order chi connectivity index (χ1) is 15.2. The molecule has 0 bridgehead atoms. The van der Waals surface area contributed by atoms with Gasteiger partial charge in [-0.05, 0) is 60.2 Å². The van der Waals surface area contributed by atoms with Crippen LogP contribution >= 0.6 is 0 Å². The van der Waals surface area contributed by atoms with E-state index in [2.05, 4.69) is 0 Å². The summed E-state index contributed by atoms with van der Waals surface area (Å²) < 4.78 is 16.4. The molecule has 0 fully saturated rings. The predicted octanol–water partition coefficient (Wildman–Crippen LogP) is 4.93. The van der Waals surface area contributed by atoms with Gasteiger partial charge < -0.3 is 13.9 Å². The Balaban J connectivity index is 1.24. The highest BCUT2D eigenvalue weighted by Crippen LogP contribution is 2.29. The van der Waals surface area contributed by atoms with E-state index in [1.54, 1.807) is 24.3 Å². The van der Waals surface area contributed by atoms with E-state index in [0.717, 1.165) is 46.9 Å². The van der Waals surface area contributed by atoms with Crippen LogP contribution in [0.1, 0.15) is 17.5 Å². The van der Waals surface area contributed by atoms with Crippen molar-refractivity contribution in [2.45, 2.75) is 19.3 Å². The molecule has 0 N–H and O–H groups in total. The van der Waals surface area contributed by atoms with Crippen LogP contribution in [-0.2, 0) is 17.6 Å². The highest BCUT2D eigenvalue weighted by atomic mass is 16.6. The van der Waals surface area contributed by atoms with Gasteiger partial charge in [0.05, 0.1) is 0 Å². The lowest BCUT2D eigenvalue weighted by atomic mass is 10.1. The summed E-state index contributed by atoms with van der Waals surface area (Å²) in [5, 5.41) is 0.931. The van der Waals surface area contributed by atoms with Gasteiger partial charge in [0, 0.05) is 17.0 Å². The first kappa shape index (κ1) is 19.1. The van der Waals surface area contributed by atoms with Gasteiger partial charge in [-0.15, -0.1) is 0 Å². The Hall–Kier alpha value is -3.86. The highest BCUT2D eigenvalue weighted by Gasteiger charge is 2.19. The summed E-state index contributed by atoms with van der Waals surface area (Å²) in [5.41, 5.74) is 4.18. The molecule has 31 heavy (non-hydrogen) atoms. The molecule has 5 nitrogen and oxygen atoms in total. The van der Waals surface area contributed by atoms with Crippen LogP contribution in [0.2, 0.25) is 0 Å². The van der Waals surface area contributed by atoms with E-state index in [1.165, 1.54) is 0 Å². The average molecular weight is 412 g/mol. The van der Waals surface area contributed by atoms with E-state index in [4.69, 9.17) is 13.9 Å². The Morgan fingerprint density at radius 1 is 0.839 bits per heavy atom. The zero-order chi connectivity index (χ0) is 21.2. The van der Waals surface area contributed by atoms with E-state index >= 15 is 0 Å². The minimum absolute atomic E-state index is 0.249. The van der Waals surface area contributed by atoms with Crippen molar-refractivity contribution in [3.63, 3.8) is 0 Å². The Kier molecular flexibility index (Phi) is 5.00. The van der Waals surface area contributed by atoms with Crippen LogP contribution in [0, 0.1) is 0 Å². The number of carbonyl (C=O) groups excluding carboxylic acids is 1. The van der Waals surface area contributed by atoms with Crippen LogP contribution in [0.4, 0.5) is 0 Å². The second-order valence-electron chi connectivity index (χ2n) is 7.51. The molecule has 1 aliphatic rings. The molecular weight excluding hydrogens is 392 g/mol. The summed E-state index contributed by atoms with van der Waals surface area (Å²) in [6, 6.07) is 22.6. The maximum atomic E-state index is 12.2. The number of carbonyl (C=O) groups is 1. The van der Waals surface area contributed by atoms with E-state index in [0.29, 0.717) is 17.1 Å². The third kappa shape index (κ3) is 3.94. The summed E-state index contributed by atoms with van der Waals surface area (Å²) in [7, 11) is 0. The Morgan fingerprint density at radius 3 is 2.35 bits per heavy atom. The molecule has 0 unspecified atom stereocenters. The Labute approximate surface area is 178 Å². The quantitative estimate of drug-likeness (QED) is 0.264. The second kappa shape index (κ2) is 8.11. The maximum Gasteiger partial charge on any atom is 0.349 e. The predicted molar refractivity (Wildman–Crippen MR) is 118 cm³/mol. The standard InChI is InChI=1S/C26H20O5/c27-25(30-19-11-9-18(10-12-19)17-5-2-1-3-6-17)16-29-20-13-14-22-21-7-4-8-23(21)26(28)31-24(22)15-20/h1-3,5-6,9-15H,4,7-8,16H2. The zero-order valence-corrected chi connectivity index (χ0v) is 16.8. The van der Waals surface area contributed by atoms with Crippen LogP contribution < -0.4 is 15.1 Å². The van der Waals surface area contributed by atoms with Crippen molar-refractivity contribution in [2.75, 3.05) is 6.61 Å². The summed E-state index contributed by atoms with van der Waals surface area (Å²) in [6.07, 6.45) is 2.62. The number of fused-ring (bicyclic) bond motifs is 3. The van der Waals surface area contributed by atoms with Gasteiger partial charge in [-0.25, -0.2) is 9.59 Å². The van der Waals surface area contributed by atoms with Crippen molar-refractivity contribution in [1.82, 2.24) is 0 Å². The lowest BCUT2D eigenvalue weighted by molar-refractivity contribution is -0.136. The van der Waals surface area contributed by atoms with Crippen molar-refractivity contribution in [2.24, 2.45) is 0 Å². The molecule has 154 valence electrons. The van der Waals surface area contributed by atoms with E-state index in [1.807, 2.05) is 48.5 Å². The molecule has 0 saturated carbocycles. The molecular formula is C26H20O5. The largest absolute Gasteiger partial charge is 0.482 e. The minimum atomic E-state index is -0.511. The lowest BCUT2D eigenvalue weighted by Gasteiger charge is -2.09. The summed E-state index contributed by atoms with van der Waals surface area (Å²) in [4.78, 5) is 24.3. The van der Waals surface area contributed by atoms with Gasteiger partial charge >= 0.3 is 11.6 Å². The maximum absolute atomic E-state index is 12.2. The van der Waals surface area contributed by atoms with E-state index in [-0.39, 0.29) is 12.2 Å². The van der Waals surface area contributed by atoms with Gasteiger partial charge in [0.15, 0.2) is 6.61 Å². The van der Waals surface area contributed by atoms with Crippen LogP contribution in [0.25, 0.3) is 22.1 Å². The highest BCUT2D eigenvalue weighted by molar-refractivity contribution is 5.83. The molecule has 0 atom stereocenters. The fraction of sp³-hybridized carbons (Fsp3) is 0.154. The Bertz CT molecular complexity index is 1300. The number of esters is 1. The molecule has 0 saturated heterocycles. The van der Waals surface area contributed by atoms with Crippen molar-refractivity contribution < 1.29 is 18.7 Å². The van der Waals surface area contributed by atoms with Gasteiger partial charge in [-0.2, -0.15) is 0 Å². The molecule has 0 radical (unpaired) electrons. The monoisotopic (exact) mass is 412 g/mol. The van der Waals surface area contributed by atoms with Gasteiger partial charge in [0.1, 0.15) is 17.1 Å². The molecule has 1 heterocycles. The molecule has 5 heteroatoms. The first-order valence-electron chi connectivity index (χ1n) is 10.2. The summed E-state index contributed by atoms with van der Waals surface area (Å²) in [5.74, 6) is 0.390. The molecule has 0 spiro atoms. The summed E-state index contributed by atoms with van der Waals surface area (Å²) >= 11 is 0. The molecule has 5 rings (SSSR count). The smallest absolute Gasteiger partial charge is 0.349 e. The zero-order valence-electron chi connectivity index (χ0n) is 16.8. The number of benzene rings is 3. The van der Waals surface area contributed by atoms with Crippen molar-refractivity contribution in [3.8, 4) is 22.6 Å². The number of rotatable bonds is 5. The van der Waals surface area contributed by atoms with Crippen molar-refractivity contribution in [1.29, 1.82) is 0 Å². The van der Waals surface area contributed by atoms with Crippen molar-refractivity contribution in [3.05, 3.63) is 94.3 Å². The average Bonchev–Trinajstić information content (AvgIpc) is 3.30. The number of aryl methyl sites for hydroxylation is 1. The normalized spacial score (nSPS) is 12.5. The van der Waals surface area contributed by atoms with Crippen LogP contribution in [0.15, 0.2) is 82.0 Å². The third-order valence-electron chi connectivity index (χ3n) is 5.49. The third-order valence-corrected chi connectivity index (χ3v) is 5.49. The van der Waals surface area contributed by atoms with Gasteiger partial charge in [-0.3, -0.25) is 0 Å². The Morgan fingerprint density at radius 2 is 1.55 bits per heavy atom. The SMILES string of the molecule is O=C(COc1ccc2c3c(c(=O)oc2c1)CCC3)Oc1ccc(-c2ccccc2)cc1. The van der Waals surface area contributed by atoms with E-state index < -0.39 is 5.97 Å². The molecule has 0 amide bonds. The minimum Gasteiger partial charge on any atom is -0.482 e. The van der Waals surface area contributed by atoms with Crippen molar-refractivity contribution >= 4 is 16.9 Å². The second-order valence-corrected chi connectivity index (χ2v) is 7.51. The fourth-order valence-electron chi connectivity index (χ4n) is 4.00. The molecule has 4 aromatic rings. The van der Waals surface area contributed by atoms with Gasteiger partial charge in [0.2, 0.25) is 0 Å². The van der Waals surface area contributed by atoms with Crippen LogP contribution in [0.5, 0.6) is 11.5 Å². The van der Waals surface area contributed by atoms with Crippen LogP contribution in [-0.4, -0.2) is 12.6 Å². The fourth-order valence-corrected chi connectivity index (χ4v) is 4.00. The molecule has 3 aromatic carbocycles. The first-order valence-corrected chi connectivity index (χ1v) is 10.2. The van der Waals surface area contributed by atoms with Crippen LogP contribution in [0.3, 0.4) is 0 Å². The molecule has 1 aliphatic carbocycles. The number of ether oxygens (including phenoxy) is 2. The lowest BCUT2D eigenvalue weighted by Crippen LogP contribution is -2.17. The summed E-state index contributed by atoms with van der Waals surface area (Å²) in [6.45, 7) is -0.249. The topological polar surface area (TPSA) is 65.7 Å². The van der Waals surface area contributed by atoms with Gasteiger partial charge in [0.25, 0.3) is 0 Å².